The molecule has 0 aliphatic carbocycles. The number of phenols is 1. The third-order valence-electron chi connectivity index (χ3n) is 4.94. The van der Waals surface area contributed by atoms with Crippen LogP contribution in [0.25, 0.3) is 11.0 Å². The van der Waals surface area contributed by atoms with E-state index in [4.69, 9.17) is 9.15 Å². The molecular weight excluding hydrogens is 374 g/mol. The summed E-state index contributed by atoms with van der Waals surface area (Å²) in [5, 5.41) is 22.9. The molecule has 3 N–H and O–H groups in total. The minimum Gasteiger partial charge on any atom is -0.507 e. The molecule has 0 saturated carbocycles. The molecule has 2 atom stereocenters. The molecule has 1 unspecified atom stereocenters. The maximum atomic E-state index is 12.8. The lowest BCUT2D eigenvalue weighted by atomic mass is 9.99. The molecule has 0 fully saturated rings. The van der Waals surface area contributed by atoms with Gasteiger partial charge in [0.05, 0.1) is 10.9 Å². The molecule has 0 aliphatic heterocycles. The Bertz CT molecular complexity index is 1060. The van der Waals surface area contributed by atoms with E-state index in [1.165, 1.54) is 18.4 Å². The number of ether oxygens (including phenoxy) is 1. The van der Waals surface area contributed by atoms with Crippen LogP contribution in [-0.4, -0.2) is 22.2 Å². The highest BCUT2D eigenvalue weighted by Gasteiger charge is 2.24. The molecule has 1 aromatic heterocycles. The number of carboxylic acid groups (broad SMARTS) is 1. The van der Waals surface area contributed by atoms with E-state index in [0.717, 1.165) is 0 Å². The molecule has 0 aliphatic rings. The van der Waals surface area contributed by atoms with Crippen molar-refractivity contribution in [3.8, 4) is 17.2 Å². The monoisotopic (exact) mass is 397 g/mol. The number of carboxylic acids is 1. The Kier molecular flexibility index (Phi) is 6.19. The van der Waals surface area contributed by atoms with Crippen LogP contribution in [-0.2, 0) is 11.3 Å². The van der Waals surface area contributed by atoms with Gasteiger partial charge in [-0.05, 0) is 30.2 Å². The Labute approximate surface area is 167 Å². The minimum absolute atomic E-state index is 0.0244. The number of para-hydroxylation sites is 1. The highest BCUT2D eigenvalue weighted by molar-refractivity contribution is 5.83. The number of aromatic hydroxyl groups is 1. The molecule has 3 aromatic rings. The van der Waals surface area contributed by atoms with Gasteiger partial charge in [0.15, 0.2) is 0 Å². The molecular formula is C22H23NO6. The number of benzene rings is 2. The van der Waals surface area contributed by atoms with Crippen molar-refractivity contribution in [3.05, 3.63) is 64.5 Å². The zero-order valence-corrected chi connectivity index (χ0v) is 16.2. The van der Waals surface area contributed by atoms with Gasteiger partial charge in [-0.3, -0.25) is 14.9 Å². The molecule has 0 bridgehead atoms. The Morgan fingerprint density at radius 1 is 1.21 bits per heavy atom. The van der Waals surface area contributed by atoms with Crippen LogP contribution < -0.4 is 15.5 Å². The van der Waals surface area contributed by atoms with E-state index in [9.17, 15) is 19.8 Å². The summed E-state index contributed by atoms with van der Waals surface area (Å²) in [6.45, 7) is 3.78. The SMILES string of the molecule is CCC(C)[C@H](NCc1c(O)ccc2c(=O)c(Oc3ccccc3)coc12)C(=O)O. The molecule has 29 heavy (non-hydrogen) atoms. The maximum Gasteiger partial charge on any atom is 0.320 e. The van der Waals surface area contributed by atoms with Crippen LogP contribution in [0.15, 0.2) is 57.9 Å². The van der Waals surface area contributed by atoms with E-state index in [-0.39, 0.29) is 40.4 Å². The molecule has 7 nitrogen and oxygen atoms in total. The van der Waals surface area contributed by atoms with E-state index in [2.05, 4.69) is 5.32 Å². The molecule has 3 rings (SSSR count). The molecule has 2 aromatic carbocycles. The Hall–Kier alpha value is -3.32. The fourth-order valence-electron chi connectivity index (χ4n) is 3.07. The molecule has 0 spiro atoms. The van der Waals surface area contributed by atoms with Crippen molar-refractivity contribution in [2.75, 3.05) is 0 Å². The van der Waals surface area contributed by atoms with Gasteiger partial charge in [-0.25, -0.2) is 0 Å². The van der Waals surface area contributed by atoms with Crippen LogP contribution in [0.3, 0.4) is 0 Å². The van der Waals surface area contributed by atoms with Crippen molar-refractivity contribution in [2.24, 2.45) is 5.92 Å². The first-order valence-electron chi connectivity index (χ1n) is 9.37. The van der Waals surface area contributed by atoms with Crippen LogP contribution in [0, 0.1) is 5.92 Å². The highest BCUT2D eigenvalue weighted by atomic mass is 16.5. The minimum atomic E-state index is -0.973. The summed E-state index contributed by atoms with van der Waals surface area (Å²) in [4.78, 5) is 24.3. The topological polar surface area (TPSA) is 109 Å². The van der Waals surface area contributed by atoms with Gasteiger partial charge in [0.2, 0.25) is 11.2 Å². The van der Waals surface area contributed by atoms with Crippen molar-refractivity contribution in [1.29, 1.82) is 0 Å². The summed E-state index contributed by atoms with van der Waals surface area (Å²) in [6.07, 6.45) is 1.88. The summed E-state index contributed by atoms with van der Waals surface area (Å²) in [7, 11) is 0. The van der Waals surface area contributed by atoms with Crippen LogP contribution >= 0.6 is 0 Å². The lowest BCUT2D eigenvalue weighted by Crippen LogP contribution is -2.41. The standard InChI is InChI=1S/C22H23NO6/c1-3-13(2)19(22(26)27)23-11-16-17(24)10-9-15-20(25)18(12-28-21(15)16)29-14-7-5-4-6-8-14/h4-10,12-13,19,23-24H,3,11H2,1-2H3,(H,26,27)/t13?,19-/m0/s1. The van der Waals surface area contributed by atoms with Gasteiger partial charge in [0.25, 0.3) is 0 Å². The average Bonchev–Trinajstić information content (AvgIpc) is 2.71. The van der Waals surface area contributed by atoms with E-state index in [1.807, 2.05) is 19.9 Å². The Morgan fingerprint density at radius 2 is 1.93 bits per heavy atom. The summed E-state index contributed by atoms with van der Waals surface area (Å²) >= 11 is 0. The van der Waals surface area contributed by atoms with Crippen LogP contribution in [0.1, 0.15) is 25.8 Å². The third kappa shape index (κ3) is 4.41. The van der Waals surface area contributed by atoms with Crippen molar-refractivity contribution < 1.29 is 24.2 Å². The van der Waals surface area contributed by atoms with Gasteiger partial charge in [-0.1, -0.05) is 38.5 Å². The number of phenolic OH excluding ortho intramolecular Hbond substituents is 1. The number of fused-ring (bicyclic) bond motifs is 1. The summed E-state index contributed by atoms with van der Waals surface area (Å²) in [5.74, 6) is -0.645. The van der Waals surface area contributed by atoms with Gasteiger partial charge in [-0.2, -0.15) is 0 Å². The average molecular weight is 397 g/mol. The highest BCUT2D eigenvalue weighted by Crippen LogP contribution is 2.28. The van der Waals surface area contributed by atoms with Crippen LogP contribution in [0.4, 0.5) is 0 Å². The Morgan fingerprint density at radius 3 is 2.59 bits per heavy atom. The van der Waals surface area contributed by atoms with E-state index in [1.54, 1.807) is 24.3 Å². The molecule has 0 saturated heterocycles. The third-order valence-corrected chi connectivity index (χ3v) is 4.94. The molecule has 1 heterocycles. The van der Waals surface area contributed by atoms with Gasteiger partial charge in [-0.15, -0.1) is 0 Å². The number of hydrogen-bond donors (Lipinski definition) is 3. The molecule has 0 radical (unpaired) electrons. The second-order valence-electron chi connectivity index (χ2n) is 6.87. The fourth-order valence-corrected chi connectivity index (χ4v) is 3.07. The molecule has 0 amide bonds. The van der Waals surface area contributed by atoms with Crippen molar-refractivity contribution in [1.82, 2.24) is 5.32 Å². The summed E-state index contributed by atoms with van der Waals surface area (Å²) in [5.41, 5.74) is 0.129. The lowest BCUT2D eigenvalue weighted by Gasteiger charge is -2.20. The first-order chi connectivity index (χ1) is 13.9. The van der Waals surface area contributed by atoms with Crippen molar-refractivity contribution in [2.45, 2.75) is 32.9 Å². The zero-order valence-electron chi connectivity index (χ0n) is 16.2. The van der Waals surface area contributed by atoms with Crippen molar-refractivity contribution >= 4 is 16.9 Å². The predicted octanol–water partition coefficient (Wildman–Crippen LogP) is 3.88. The number of carbonyl (C=O) groups is 1. The summed E-state index contributed by atoms with van der Waals surface area (Å²) < 4.78 is 11.2. The van der Waals surface area contributed by atoms with E-state index in [0.29, 0.717) is 17.7 Å². The second kappa shape index (κ2) is 8.79. The van der Waals surface area contributed by atoms with E-state index >= 15 is 0 Å². The maximum absolute atomic E-state index is 12.8. The van der Waals surface area contributed by atoms with Gasteiger partial charge >= 0.3 is 5.97 Å². The van der Waals surface area contributed by atoms with Crippen LogP contribution in [0.2, 0.25) is 0 Å². The number of nitrogens with one attached hydrogen (secondary N) is 1. The van der Waals surface area contributed by atoms with Crippen LogP contribution in [0.5, 0.6) is 17.2 Å². The second-order valence-corrected chi connectivity index (χ2v) is 6.87. The number of rotatable bonds is 8. The zero-order chi connectivity index (χ0) is 21.0. The Balaban J connectivity index is 1.94. The fraction of sp³-hybridized carbons (Fsp3) is 0.273. The van der Waals surface area contributed by atoms with E-state index < -0.39 is 12.0 Å². The first kappa shape index (κ1) is 20.4. The smallest absolute Gasteiger partial charge is 0.320 e. The largest absolute Gasteiger partial charge is 0.507 e. The number of aliphatic carboxylic acids is 1. The lowest BCUT2D eigenvalue weighted by molar-refractivity contribution is -0.140. The normalized spacial score (nSPS) is 13.2. The molecule has 7 heteroatoms. The van der Waals surface area contributed by atoms with Crippen molar-refractivity contribution in [3.63, 3.8) is 0 Å². The van der Waals surface area contributed by atoms with Gasteiger partial charge in [0, 0.05) is 6.54 Å². The molecule has 152 valence electrons. The number of hydrogen-bond acceptors (Lipinski definition) is 6. The quantitative estimate of drug-likeness (QED) is 0.529. The summed E-state index contributed by atoms with van der Waals surface area (Å²) in [6, 6.07) is 10.9. The predicted molar refractivity (Wildman–Crippen MR) is 108 cm³/mol. The van der Waals surface area contributed by atoms with Gasteiger partial charge in [0.1, 0.15) is 29.4 Å². The first-order valence-corrected chi connectivity index (χ1v) is 9.37. The van der Waals surface area contributed by atoms with Gasteiger partial charge < -0.3 is 19.4 Å².